The maximum absolute atomic E-state index is 13.9. The van der Waals surface area contributed by atoms with Crippen LogP contribution in [0.25, 0.3) is 0 Å². The molecule has 5 heteroatoms. The van der Waals surface area contributed by atoms with Crippen molar-refractivity contribution in [1.29, 1.82) is 0 Å². The van der Waals surface area contributed by atoms with Crippen molar-refractivity contribution in [1.82, 2.24) is 19.6 Å². The molecule has 0 radical (unpaired) electrons. The highest BCUT2D eigenvalue weighted by Gasteiger charge is 2.28. The Bertz CT molecular complexity index is 884. The van der Waals surface area contributed by atoms with Crippen LogP contribution in [-0.2, 0) is 13.5 Å². The van der Waals surface area contributed by atoms with Crippen molar-refractivity contribution in [2.45, 2.75) is 12.5 Å². The highest BCUT2D eigenvalue weighted by Crippen LogP contribution is 2.29. The van der Waals surface area contributed by atoms with Crippen molar-refractivity contribution >= 4 is 0 Å². The fourth-order valence-corrected chi connectivity index (χ4v) is 4.08. The SMILES string of the molecule is Cn1nccc1C(c1ccccc1)N1CCN(CCc2ccccc2F)CC1. The monoisotopic (exact) mass is 378 g/mol. The Morgan fingerprint density at radius 3 is 2.32 bits per heavy atom. The zero-order chi connectivity index (χ0) is 19.3. The number of aromatic nitrogens is 2. The van der Waals surface area contributed by atoms with Gasteiger partial charge in [-0.3, -0.25) is 9.58 Å². The number of nitrogens with zero attached hydrogens (tertiary/aromatic N) is 4. The summed E-state index contributed by atoms with van der Waals surface area (Å²) < 4.78 is 15.8. The largest absolute Gasteiger partial charge is 0.300 e. The molecule has 146 valence electrons. The highest BCUT2D eigenvalue weighted by atomic mass is 19.1. The van der Waals surface area contributed by atoms with Crippen LogP contribution in [0.15, 0.2) is 66.9 Å². The topological polar surface area (TPSA) is 24.3 Å². The van der Waals surface area contributed by atoms with Crippen LogP contribution in [0.1, 0.15) is 22.9 Å². The normalized spacial score (nSPS) is 16.9. The van der Waals surface area contributed by atoms with Gasteiger partial charge in [0.15, 0.2) is 0 Å². The van der Waals surface area contributed by atoms with Crippen LogP contribution in [0.5, 0.6) is 0 Å². The number of aryl methyl sites for hydroxylation is 1. The van der Waals surface area contributed by atoms with E-state index in [1.165, 1.54) is 11.3 Å². The molecule has 1 saturated heterocycles. The molecule has 0 aliphatic carbocycles. The smallest absolute Gasteiger partial charge is 0.126 e. The van der Waals surface area contributed by atoms with Crippen molar-refractivity contribution in [2.24, 2.45) is 7.05 Å². The van der Waals surface area contributed by atoms with Crippen LogP contribution in [0.4, 0.5) is 4.39 Å². The molecule has 2 aromatic carbocycles. The molecule has 3 aromatic rings. The third kappa shape index (κ3) is 4.16. The molecule has 28 heavy (non-hydrogen) atoms. The van der Waals surface area contributed by atoms with E-state index in [2.05, 4.69) is 51.3 Å². The number of benzene rings is 2. The van der Waals surface area contributed by atoms with Gasteiger partial charge in [-0.15, -0.1) is 0 Å². The molecule has 0 amide bonds. The van der Waals surface area contributed by atoms with E-state index in [9.17, 15) is 4.39 Å². The van der Waals surface area contributed by atoms with Crippen LogP contribution in [0.2, 0.25) is 0 Å². The average Bonchev–Trinajstić information content (AvgIpc) is 3.15. The van der Waals surface area contributed by atoms with Gasteiger partial charge in [0.05, 0.1) is 11.7 Å². The van der Waals surface area contributed by atoms with Crippen molar-refractivity contribution in [2.75, 3.05) is 32.7 Å². The van der Waals surface area contributed by atoms with E-state index in [1.807, 2.05) is 30.1 Å². The highest BCUT2D eigenvalue weighted by molar-refractivity contribution is 5.28. The van der Waals surface area contributed by atoms with E-state index in [-0.39, 0.29) is 11.9 Å². The maximum atomic E-state index is 13.9. The van der Waals surface area contributed by atoms with E-state index in [4.69, 9.17) is 0 Å². The second-order valence-electron chi connectivity index (χ2n) is 7.41. The third-order valence-corrected chi connectivity index (χ3v) is 5.68. The predicted molar refractivity (Wildman–Crippen MR) is 110 cm³/mol. The molecule has 1 aromatic heterocycles. The zero-order valence-electron chi connectivity index (χ0n) is 16.3. The molecule has 0 bridgehead atoms. The van der Waals surface area contributed by atoms with Crippen molar-refractivity contribution in [3.05, 3.63) is 89.5 Å². The minimum Gasteiger partial charge on any atom is -0.300 e. The Morgan fingerprint density at radius 2 is 1.64 bits per heavy atom. The lowest BCUT2D eigenvalue weighted by atomic mass is 10.0. The van der Waals surface area contributed by atoms with Gasteiger partial charge in [0, 0.05) is 46.0 Å². The summed E-state index contributed by atoms with van der Waals surface area (Å²) >= 11 is 0. The van der Waals surface area contributed by atoms with Gasteiger partial charge < -0.3 is 4.90 Å². The number of hydrogen-bond donors (Lipinski definition) is 0. The maximum Gasteiger partial charge on any atom is 0.126 e. The minimum absolute atomic E-state index is 0.0958. The summed E-state index contributed by atoms with van der Waals surface area (Å²) in [6.45, 7) is 4.87. The molecule has 1 atom stereocenters. The van der Waals surface area contributed by atoms with Gasteiger partial charge in [-0.25, -0.2) is 4.39 Å². The van der Waals surface area contributed by atoms with Gasteiger partial charge in [0.2, 0.25) is 0 Å². The molecule has 0 N–H and O–H groups in total. The van der Waals surface area contributed by atoms with E-state index in [1.54, 1.807) is 12.1 Å². The Kier molecular flexibility index (Phi) is 5.84. The zero-order valence-corrected chi connectivity index (χ0v) is 16.3. The summed E-state index contributed by atoms with van der Waals surface area (Å²) in [5.41, 5.74) is 3.32. The predicted octanol–water partition coefficient (Wildman–Crippen LogP) is 3.51. The molecule has 1 aliphatic heterocycles. The number of hydrogen-bond acceptors (Lipinski definition) is 3. The van der Waals surface area contributed by atoms with Crippen LogP contribution in [0, 0.1) is 5.82 Å². The van der Waals surface area contributed by atoms with Crippen LogP contribution < -0.4 is 0 Å². The molecule has 1 unspecified atom stereocenters. The van der Waals surface area contributed by atoms with Gasteiger partial charge in [0.1, 0.15) is 5.82 Å². The van der Waals surface area contributed by atoms with Gasteiger partial charge in [-0.05, 0) is 29.7 Å². The number of halogens is 1. The molecule has 0 spiro atoms. The van der Waals surface area contributed by atoms with Gasteiger partial charge >= 0.3 is 0 Å². The van der Waals surface area contributed by atoms with Crippen molar-refractivity contribution < 1.29 is 4.39 Å². The second kappa shape index (κ2) is 8.67. The van der Waals surface area contributed by atoms with Crippen LogP contribution >= 0.6 is 0 Å². The van der Waals surface area contributed by atoms with E-state index < -0.39 is 0 Å². The summed E-state index contributed by atoms with van der Waals surface area (Å²) in [5.74, 6) is -0.0958. The van der Waals surface area contributed by atoms with E-state index in [0.29, 0.717) is 0 Å². The first-order valence-electron chi connectivity index (χ1n) is 9.95. The fraction of sp³-hybridized carbons (Fsp3) is 0.348. The average molecular weight is 378 g/mol. The van der Waals surface area contributed by atoms with E-state index >= 15 is 0 Å². The fourth-order valence-electron chi connectivity index (χ4n) is 4.08. The lowest BCUT2D eigenvalue weighted by Gasteiger charge is -2.39. The van der Waals surface area contributed by atoms with Crippen LogP contribution in [0.3, 0.4) is 0 Å². The first-order chi connectivity index (χ1) is 13.7. The molecule has 1 fully saturated rings. The summed E-state index contributed by atoms with van der Waals surface area (Å²) in [6.07, 6.45) is 2.63. The standard InChI is InChI=1S/C23H27FN4/c1-26-22(11-13-25-26)23(20-8-3-2-4-9-20)28-17-15-27(16-18-28)14-12-19-7-5-6-10-21(19)24/h2-11,13,23H,12,14-18H2,1H3. The van der Waals surface area contributed by atoms with Gasteiger partial charge in [0.25, 0.3) is 0 Å². The summed E-state index contributed by atoms with van der Waals surface area (Å²) in [7, 11) is 2.01. The van der Waals surface area contributed by atoms with Crippen molar-refractivity contribution in [3.63, 3.8) is 0 Å². The third-order valence-electron chi connectivity index (χ3n) is 5.68. The Hall–Kier alpha value is -2.50. The first kappa shape index (κ1) is 18.8. The molecular weight excluding hydrogens is 351 g/mol. The molecule has 1 aliphatic rings. The first-order valence-corrected chi connectivity index (χ1v) is 9.95. The van der Waals surface area contributed by atoms with Gasteiger partial charge in [-0.1, -0.05) is 48.5 Å². The molecule has 4 nitrogen and oxygen atoms in total. The summed E-state index contributed by atoms with van der Waals surface area (Å²) in [6, 6.07) is 20.1. The lowest BCUT2D eigenvalue weighted by molar-refractivity contribution is 0.107. The molecule has 4 rings (SSSR count). The summed E-state index contributed by atoms with van der Waals surface area (Å²) in [5, 5.41) is 4.39. The van der Waals surface area contributed by atoms with E-state index in [0.717, 1.165) is 44.7 Å². The Labute approximate surface area is 166 Å². The molecule has 2 heterocycles. The minimum atomic E-state index is -0.0958. The second-order valence-corrected chi connectivity index (χ2v) is 7.41. The number of rotatable bonds is 6. The Balaban J connectivity index is 1.42. The number of piperazine rings is 1. The van der Waals surface area contributed by atoms with Crippen molar-refractivity contribution in [3.8, 4) is 0 Å². The van der Waals surface area contributed by atoms with Crippen LogP contribution in [-0.4, -0.2) is 52.3 Å². The summed E-state index contributed by atoms with van der Waals surface area (Å²) in [4.78, 5) is 4.97. The lowest BCUT2D eigenvalue weighted by Crippen LogP contribution is -2.48. The molecule has 0 saturated carbocycles. The van der Waals surface area contributed by atoms with Gasteiger partial charge in [-0.2, -0.15) is 5.10 Å². The Morgan fingerprint density at radius 1 is 0.929 bits per heavy atom. The molecular formula is C23H27FN4. The quantitative estimate of drug-likeness (QED) is 0.656.